The zero-order valence-corrected chi connectivity index (χ0v) is 13.4. The molecule has 22 heavy (non-hydrogen) atoms. The molecule has 0 aliphatic rings. The van der Waals surface area contributed by atoms with Crippen LogP contribution >= 0.6 is 0 Å². The van der Waals surface area contributed by atoms with Gasteiger partial charge in [-0.1, -0.05) is 43.3 Å². The van der Waals surface area contributed by atoms with E-state index in [-0.39, 0.29) is 17.9 Å². The lowest BCUT2D eigenvalue weighted by molar-refractivity contribution is -0.123. The molecule has 0 heterocycles. The van der Waals surface area contributed by atoms with E-state index in [0.29, 0.717) is 6.61 Å². The molecule has 1 atom stereocenters. The second-order valence-electron chi connectivity index (χ2n) is 5.63. The van der Waals surface area contributed by atoms with Gasteiger partial charge in [-0.2, -0.15) is 0 Å². The number of benzene rings is 2. The van der Waals surface area contributed by atoms with Gasteiger partial charge in [0.25, 0.3) is 0 Å². The Morgan fingerprint density at radius 1 is 0.909 bits per heavy atom. The Kier molecular flexibility index (Phi) is 5.73. The number of ether oxygens (including phenoxy) is 1. The van der Waals surface area contributed by atoms with Crippen LogP contribution < -0.4 is 4.90 Å². The molecule has 0 fully saturated rings. The van der Waals surface area contributed by atoms with Crippen molar-refractivity contribution >= 4 is 17.3 Å². The summed E-state index contributed by atoms with van der Waals surface area (Å²) in [4.78, 5) is 14.7. The van der Waals surface area contributed by atoms with E-state index in [1.54, 1.807) is 4.90 Å². The summed E-state index contributed by atoms with van der Waals surface area (Å²) in [5.41, 5.74) is 1.74. The molecule has 3 heteroatoms. The second-order valence-corrected chi connectivity index (χ2v) is 5.63. The number of carbonyl (C=O) groups is 1. The van der Waals surface area contributed by atoms with Crippen LogP contribution in [0.5, 0.6) is 0 Å². The van der Waals surface area contributed by atoms with Crippen molar-refractivity contribution in [3.63, 3.8) is 0 Å². The van der Waals surface area contributed by atoms with E-state index < -0.39 is 0 Å². The van der Waals surface area contributed by atoms with Gasteiger partial charge in [-0.15, -0.1) is 0 Å². The van der Waals surface area contributed by atoms with Crippen molar-refractivity contribution in [3.05, 3.63) is 60.7 Å². The fourth-order valence-corrected chi connectivity index (χ4v) is 2.19. The summed E-state index contributed by atoms with van der Waals surface area (Å²) >= 11 is 0. The predicted molar refractivity (Wildman–Crippen MR) is 90.3 cm³/mol. The molecule has 0 saturated heterocycles. The Balaban J connectivity index is 2.27. The first kappa shape index (κ1) is 16.2. The molecular formula is C19H23NO2. The molecule has 2 aromatic carbocycles. The van der Waals surface area contributed by atoms with Gasteiger partial charge in [-0.3, -0.25) is 9.69 Å². The van der Waals surface area contributed by atoms with Gasteiger partial charge in [-0.05, 0) is 38.1 Å². The minimum absolute atomic E-state index is 0.0399. The molecule has 0 bridgehead atoms. The lowest BCUT2D eigenvalue weighted by Gasteiger charge is -2.26. The minimum atomic E-state index is -0.206. The number of anilines is 2. The quantitative estimate of drug-likeness (QED) is 0.790. The van der Waals surface area contributed by atoms with E-state index in [1.807, 2.05) is 81.4 Å². The first-order valence-corrected chi connectivity index (χ1v) is 7.65. The lowest BCUT2D eigenvalue weighted by atomic mass is 10.1. The van der Waals surface area contributed by atoms with Crippen LogP contribution in [0.3, 0.4) is 0 Å². The summed E-state index contributed by atoms with van der Waals surface area (Å²) in [5, 5.41) is 0. The van der Waals surface area contributed by atoms with Crippen LogP contribution in [0.4, 0.5) is 11.4 Å². The highest BCUT2D eigenvalue weighted by Crippen LogP contribution is 2.27. The Morgan fingerprint density at radius 2 is 1.36 bits per heavy atom. The van der Waals surface area contributed by atoms with Gasteiger partial charge in [0.05, 0.1) is 18.6 Å². The smallest absolute Gasteiger partial charge is 0.236 e. The molecule has 2 rings (SSSR count). The van der Waals surface area contributed by atoms with Crippen LogP contribution in [0.1, 0.15) is 20.8 Å². The molecule has 0 radical (unpaired) electrons. The number of hydrogen-bond donors (Lipinski definition) is 0. The van der Waals surface area contributed by atoms with Gasteiger partial charge in [0.2, 0.25) is 5.91 Å². The minimum Gasteiger partial charge on any atom is -0.378 e. The van der Waals surface area contributed by atoms with Crippen molar-refractivity contribution in [3.8, 4) is 0 Å². The molecule has 0 aliphatic carbocycles. The van der Waals surface area contributed by atoms with Crippen molar-refractivity contribution in [2.45, 2.75) is 26.9 Å². The van der Waals surface area contributed by atoms with Crippen molar-refractivity contribution in [1.29, 1.82) is 0 Å². The molecule has 2 aromatic rings. The zero-order valence-electron chi connectivity index (χ0n) is 13.4. The summed E-state index contributed by atoms with van der Waals surface area (Å²) < 4.78 is 5.60. The maximum absolute atomic E-state index is 12.9. The maximum atomic E-state index is 12.9. The number of rotatable bonds is 6. The Labute approximate surface area is 132 Å². The third-order valence-electron chi connectivity index (χ3n) is 3.35. The van der Waals surface area contributed by atoms with Gasteiger partial charge >= 0.3 is 0 Å². The first-order valence-electron chi connectivity index (χ1n) is 7.65. The van der Waals surface area contributed by atoms with E-state index in [4.69, 9.17) is 4.74 Å². The highest BCUT2D eigenvalue weighted by Gasteiger charge is 2.23. The van der Waals surface area contributed by atoms with Crippen molar-refractivity contribution in [1.82, 2.24) is 0 Å². The molecule has 0 N–H and O–H groups in total. The topological polar surface area (TPSA) is 29.5 Å². The van der Waals surface area contributed by atoms with Crippen molar-refractivity contribution in [2.75, 3.05) is 11.5 Å². The van der Waals surface area contributed by atoms with E-state index in [2.05, 4.69) is 0 Å². The molecule has 3 nitrogen and oxygen atoms in total. The van der Waals surface area contributed by atoms with Crippen LogP contribution in [0, 0.1) is 5.92 Å². The number of para-hydroxylation sites is 2. The van der Waals surface area contributed by atoms with Gasteiger partial charge in [0.1, 0.15) is 0 Å². The summed E-state index contributed by atoms with van der Waals surface area (Å²) in [6.45, 7) is 6.28. The van der Waals surface area contributed by atoms with Crippen LogP contribution in [0.2, 0.25) is 0 Å². The summed E-state index contributed by atoms with van der Waals surface area (Å²) in [6, 6.07) is 19.4. The van der Waals surface area contributed by atoms with E-state index in [1.165, 1.54) is 0 Å². The van der Waals surface area contributed by atoms with Crippen LogP contribution in [0.15, 0.2) is 60.7 Å². The zero-order chi connectivity index (χ0) is 15.9. The maximum Gasteiger partial charge on any atom is 0.236 e. The third kappa shape index (κ3) is 4.18. The number of nitrogens with zero attached hydrogens (tertiary/aromatic N) is 1. The van der Waals surface area contributed by atoms with E-state index in [9.17, 15) is 4.79 Å². The standard InChI is InChI=1S/C19H23NO2/c1-15(2)22-14-16(3)19(21)20(17-10-6-4-7-11-17)18-12-8-5-9-13-18/h4-13,15-16H,14H2,1-3H3. The Morgan fingerprint density at radius 3 is 1.77 bits per heavy atom. The molecule has 1 amide bonds. The van der Waals surface area contributed by atoms with E-state index in [0.717, 1.165) is 11.4 Å². The summed E-state index contributed by atoms with van der Waals surface area (Å²) in [7, 11) is 0. The molecule has 0 aromatic heterocycles. The largest absolute Gasteiger partial charge is 0.378 e. The third-order valence-corrected chi connectivity index (χ3v) is 3.35. The van der Waals surface area contributed by atoms with E-state index >= 15 is 0 Å². The fourth-order valence-electron chi connectivity index (χ4n) is 2.19. The molecule has 0 spiro atoms. The van der Waals surface area contributed by atoms with Gasteiger partial charge in [0, 0.05) is 11.4 Å². The molecule has 0 aliphatic heterocycles. The lowest BCUT2D eigenvalue weighted by Crippen LogP contribution is -2.33. The summed E-state index contributed by atoms with van der Waals surface area (Å²) in [5.74, 6) is -0.166. The molecule has 116 valence electrons. The average molecular weight is 297 g/mol. The normalized spacial score (nSPS) is 12.2. The Bertz CT molecular complexity index is 541. The van der Waals surface area contributed by atoms with Crippen molar-refractivity contribution < 1.29 is 9.53 Å². The van der Waals surface area contributed by atoms with Gasteiger partial charge in [0.15, 0.2) is 0 Å². The highest BCUT2D eigenvalue weighted by atomic mass is 16.5. The molecule has 0 saturated carbocycles. The highest BCUT2D eigenvalue weighted by molar-refractivity contribution is 6.01. The second kappa shape index (κ2) is 7.76. The van der Waals surface area contributed by atoms with Crippen LogP contribution in [0.25, 0.3) is 0 Å². The van der Waals surface area contributed by atoms with Gasteiger partial charge in [-0.25, -0.2) is 0 Å². The number of amides is 1. The summed E-state index contributed by atoms with van der Waals surface area (Å²) in [6.07, 6.45) is 0.122. The first-order chi connectivity index (χ1) is 10.6. The monoisotopic (exact) mass is 297 g/mol. The number of hydrogen-bond acceptors (Lipinski definition) is 2. The molecular weight excluding hydrogens is 274 g/mol. The van der Waals surface area contributed by atoms with Crippen molar-refractivity contribution in [2.24, 2.45) is 5.92 Å². The average Bonchev–Trinajstić information content (AvgIpc) is 2.54. The van der Waals surface area contributed by atoms with Crippen LogP contribution in [-0.2, 0) is 9.53 Å². The fraction of sp³-hybridized carbons (Fsp3) is 0.316. The van der Waals surface area contributed by atoms with Crippen LogP contribution in [-0.4, -0.2) is 18.6 Å². The van der Waals surface area contributed by atoms with Gasteiger partial charge < -0.3 is 4.74 Å². The Hall–Kier alpha value is -2.13. The SMILES string of the molecule is CC(C)OCC(C)C(=O)N(c1ccccc1)c1ccccc1. The number of carbonyl (C=O) groups excluding carboxylic acids is 1. The molecule has 1 unspecified atom stereocenters. The predicted octanol–water partition coefficient (Wildman–Crippen LogP) is 4.41.